The van der Waals surface area contributed by atoms with Gasteiger partial charge in [-0.05, 0) is 19.8 Å². The van der Waals surface area contributed by atoms with Crippen LogP contribution in [0.3, 0.4) is 0 Å². The fourth-order valence-electron chi connectivity index (χ4n) is 2.29. The molecule has 1 aromatic heterocycles. The fourth-order valence-corrected chi connectivity index (χ4v) is 3.87. The van der Waals surface area contributed by atoms with Gasteiger partial charge in [-0.25, -0.2) is 8.42 Å². The van der Waals surface area contributed by atoms with Crippen molar-refractivity contribution in [2.24, 2.45) is 0 Å². The molecule has 20 heavy (non-hydrogen) atoms. The normalized spacial score (nSPS) is 21.2. The topological polar surface area (TPSA) is 87.3 Å². The SMILES string of the molecule is Cc1[nH]nc(S(=O)(=O)N2CCOCC2)c1CNC1CC1. The highest BCUT2D eigenvalue weighted by atomic mass is 32.2. The van der Waals surface area contributed by atoms with Gasteiger partial charge in [-0.2, -0.15) is 9.40 Å². The third-order valence-corrected chi connectivity index (χ3v) is 5.61. The van der Waals surface area contributed by atoms with Gasteiger partial charge in [-0.1, -0.05) is 0 Å². The Kier molecular flexibility index (Phi) is 3.80. The molecule has 8 heteroatoms. The predicted molar refractivity (Wildman–Crippen MR) is 72.8 cm³/mol. The van der Waals surface area contributed by atoms with E-state index in [9.17, 15) is 8.42 Å². The summed E-state index contributed by atoms with van der Waals surface area (Å²) in [5, 5.41) is 10.3. The largest absolute Gasteiger partial charge is 0.379 e. The standard InChI is InChI=1S/C12H20N4O3S/c1-9-11(8-13-10-2-3-10)12(15-14-9)20(17,18)16-4-6-19-7-5-16/h10,13H,2-8H2,1H3,(H,14,15). The van der Waals surface area contributed by atoms with Gasteiger partial charge >= 0.3 is 0 Å². The molecule has 1 aromatic rings. The number of aromatic amines is 1. The van der Waals surface area contributed by atoms with Crippen molar-refractivity contribution in [1.29, 1.82) is 0 Å². The number of aromatic nitrogens is 2. The van der Waals surface area contributed by atoms with Gasteiger partial charge in [0.15, 0.2) is 5.03 Å². The number of rotatable bonds is 5. The second-order valence-electron chi connectivity index (χ2n) is 5.30. The van der Waals surface area contributed by atoms with Crippen molar-refractivity contribution in [2.75, 3.05) is 26.3 Å². The molecule has 2 aliphatic rings. The summed E-state index contributed by atoms with van der Waals surface area (Å²) in [6.45, 7) is 4.07. The van der Waals surface area contributed by atoms with Crippen LogP contribution in [0.4, 0.5) is 0 Å². The van der Waals surface area contributed by atoms with E-state index in [4.69, 9.17) is 4.74 Å². The van der Waals surface area contributed by atoms with E-state index < -0.39 is 10.0 Å². The maximum atomic E-state index is 12.6. The van der Waals surface area contributed by atoms with E-state index in [0.717, 1.165) is 11.3 Å². The van der Waals surface area contributed by atoms with Crippen molar-refractivity contribution >= 4 is 10.0 Å². The van der Waals surface area contributed by atoms with Crippen LogP contribution in [0.25, 0.3) is 0 Å². The van der Waals surface area contributed by atoms with Crippen molar-refractivity contribution in [2.45, 2.75) is 37.4 Å². The van der Waals surface area contributed by atoms with Crippen molar-refractivity contribution in [1.82, 2.24) is 19.8 Å². The minimum atomic E-state index is -3.53. The van der Waals surface area contributed by atoms with E-state index in [1.165, 1.54) is 17.1 Å². The lowest BCUT2D eigenvalue weighted by molar-refractivity contribution is 0.0729. The highest BCUT2D eigenvalue weighted by Gasteiger charge is 2.32. The molecule has 1 saturated carbocycles. The van der Waals surface area contributed by atoms with Crippen LogP contribution in [-0.2, 0) is 21.3 Å². The van der Waals surface area contributed by atoms with Crippen LogP contribution in [0.2, 0.25) is 0 Å². The average molecular weight is 300 g/mol. The third kappa shape index (κ3) is 2.73. The molecule has 112 valence electrons. The zero-order valence-electron chi connectivity index (χ0n) is 11.6. The number of hydrogen-bond donors (Lipinski definition) is 2. The Hall–Kier alpha value is -0.960. The molecule has 1 aliphatic heterocycles. The van der Waals surface area contributed by atoms with E-state index in [2.05, 4.69) is 15.5 Å². The van der Waals surface area contributed by atoms with E-state index >= 15 is 0 Å². The summed E-state index contributed by atoms with van der Waals surface area (Å²) in [6.07, 6.45) is 2.34. The lowest BCUT2D eigenvalue weighted by Crippen LogP contribution is -2.41. The molecule has 0 radical (unpaired) electrons. The molecular formula is C12H20N4O3S. The van der Waals surface area contributed by atoms with Gasteiger partial charge in [0.2, 0.25) is 0 Å². The molecule has 2 fully saturated rings. The maximum Gasteiger partial charge on any atom is 0.262 e. The number of nitrogens with zero attached hydrogens (tertiary/aromatic N) is 2. The smallest absolute Gasteiger partial charge is 0.262 e. The number of nitrogens with one attached hydrogen (secondary N) is 2. The molecule has 1 saturated heterocycles. The molecule has 0 unspecified atom stereocenters. The molecule has 0 bridgehead atoms. The van der Waals surface area contributed by atoms with Crippen molar-refractivity contribution in [3.8, 4) is 0 Å². The Morgan fingerprint density at radius 3 is 2.75 bits per heavy atom. The number of sulfonamides is 1. The fraction of sp³-hybridized carbons (Fsp3) is 0.750. The van der Waals surface area contributed by atoms with Gasteiger partial charge in [-0.15, -0.1) is 0 Å². The second-order valence-corrected chi connectivity index (χ2v) is 7.16. The summed E-state index contributed by atoms with van der Waals surface area (Å²) in [4.78, 5) is 0. The summed E-state index contributed by atoms with van der Waals surface area (Å²) in [5.41, 5.74) is 1.56. The lowest BCUT2D eigenvalue weighted by atomic mass is 10.2. The van der Waals surface area contributed by atoms with Crippen LogP contribution in [-0.4, -0.2) is 55.3 Å². The minimum Gasteiger partial charge on any atom is -0.379 e. The predicted octanol–water partition coefficient (Wildman–Crippen LogP) is -0.00898. The first-order valence-electron chi connectivity index (χ1n) is 6.94. The average Bonchev–Trinajstić information content (AvgIpc) is 3.20. The summed E-state index contributed by atoms with van der Waals surface area (Å²) in [6, 6.07) is 0.531. The molecule has 2 heterocycles. The molecule has 0 atom stereocenters. The Labute approximate surface area is 118 Å². The summed E-state index contributed by atoms with van der Waals surface area (Å²) < 4.78 is 31.9. The molecule has 2 N–H and O–H groups in total. The van der Waals surface area contributed by atoms with Crippen LogP contribution in [0.1, 0.15) is 24.1 Å². The summed E-state index contributed by atoms with van der Waals surface area (Å²) >= 11 is 0. The van der Waals surface area contributed by atoms with Gasteiger partial charge in [0, 0.05) is 36.9 Å². The first kappa shape index (κ1) is 14.0. The number of hydrogen-bond acceptors (Lipinski definition) is 5. The highest BCUT2D eigenvalue weighted by Crippen LogP contribution is 2.24. The molecule has 1 aliphatic carbocycles. The highest BCUT2D eigenvalue weighted by molar-refractivity contribution is 7.89. The van der Waals surface area contributed by atoms with E-state index in [-0.39, 0.29) is 5.03 Å². The first-order chi connectivity index (χ1) is 9.59. The van der Waals surface area contributed by atoms with Crippen LogP contribution in [0, 0.1) is 6.92 Å². The number of aryl methyl sites for hydroxylation is 1. The molecule has 7 nitrogen and oxygen atoms in total. The summed E-state index contributed by atoms with van der Waals surface area (Å²) in [7, 11) is -3.53. The molecule has 0 spiro atoms. The maximum absolute atomic E-state index is 12.6. The molecule has 3 rings (SSSR count). The molecule has 0 amide bonds. The second kappa shape index (κ2) is 5.44. The van der Waals surface area contributed by atoms with Crippen molar-refractivity contribution in [3.05, 3.63) is 11.3 Å². The zero-order valence-corrected chi connectivity index (χ0v) is 12.4. The Morgan fingerprint density at radius 2 is 2.10 bits per heavy atom. The Balaban J connectivity index is 1.83. The number of ether oxygens (including phenoxy) is 1. The van der Waals surface area contributed by atoms with Gasteiger partial charge in [0.25, 0.3) is 10.0 Å². The van der Waals surface area contributed by atoms with Crippen LogP contribution < -0.4 is 5.32 Å². The van der Waals surface area contributed by atoms with E-state index in [1.54, 1.807) is 0 Å². The van der Waals surface area contributed by atoms with Gasteiger partial charge in [0.05, 0.1) is 13.2 Å². The summed E-state index contributed by atoms with van der Waals surface area (Å²) in [5.74, 6) is 0. The number of H-pyrrole nitrogens is 1. The Bertz CT molecular complexity index is 574. The third-order valence-electron chi connectivity index (χ3n) is 3.74. The van der Waals surface area contributed by atoms with Crippen molar-refractivity contribution < 1.29 is 13.2 Å². The first-order valence-corrected chi connectivity index (χ1v) is 8.38. The molecule has 0 aromatic carbocycles. The van der Waals surface area contributed by atoms with Crippen LogP contribution in [0.15, 0.2) is 5.03 Å². The zero-order chi connectivity index (χ0) is 14.2. The van der Waals surface area contributed by atoms with Crippen LogP contribution >= 0.6 is 0 Å². The van der Waals surface area contributed by atoms with E-state index in [1.807, 2.05) is 6.92 Å². The van der Waals surface area contributed by atoms with Gasteiger partial charge in [-0.3, -0.25) is 5.10 Å². The minimum absolute atomic E-state index is 0.157. The monoisotopic (exact) mass is 300 g/mol. The van der Waals surface area contributed by atoms with Gasteiger partial charge in [0.1, 0.15) is 0 Å². The Morgan fingerprint density at radius 1 is 1.40 bits per heavy atom. The van der Waals surface area contributed by atoms with Crippen LogP contribution in [0.5, 0.6) is 0 Å². The molecular weight excluding hydrogens is 280 g/mol. The van der Waals surface area contributed by atoms with E-state index in [0.29, 0.717) is 38.9 Å². The lowest BCUT2D eigenvalue weighted by Gasteiger charge is -2.25. The quantitative estimate of drug-likeness (QED) is 0.799. The van der Waals surface area contributed by atoms with Crippen molar-refractivity contribution in [3.63, 3.8) is 0 Å². The number of morpholine rings is 1. The van der Waals surface area contributed by atoms with Gasteiger partial charge < -0.3 is 10.1 Å².